The summed E-state index contributed by atoms with van der Waals surface area (Å²) < 4.78 is 1.67. The Morgan fingerprint density at radius 3 is 2.62 bits per heavy atom. The van der Waals surface area contributed by atoms with Crippen LogP contribution in [0.4, 0.5) is 0 Å². The lowest BCUT2D eigenvalue weighted by atomic mass is 10.1. The molecule has 0 amide bonds. The van der Waals surface area contributed by atoms with Gasteiger partial charge >= 0.3 is 0 Å². The van der Waals surface area contributed by atoms with E-state index in [1.165, 1.54) is 0 Å². The summed E-state index contributed by atoms with van der Waals surface area (Å²) in [5, 5.41) is 0. The first-order valence-electron chi connectivity index (χ1n) is 5.22. The molecule has 2 rings (SSSR count). The third-order valence-corrected chi connectivity index (χ3v) is 2.79. The minimum absolute atomic E-state index is 0.0145. The van der Waals surface area contributed by atoms with Crippen LogP contribution in [0.15, 0.2) is 35.4 Å². The second kappa shape index (κ2) is 3.93. The van der Waals surface area contributed by atoms with Crippen LogP contribution in [-0.4, -0.2) is 9.55 Å². The van der Waals surface area contributed by atoms with E-state index in [-0.39, 0.29) is 5.56 Å². The molecule has 82 valence electrons. The molecule has 0 radical (unpaired) electrons. The smallest absolute Gasteiger partial charge is 0.255 e. The molecule has 0 aromatic carbocycles. The molecule has 2 aromatic rings. The highest BCUT2D eigenvalue weighted by molar-refractivity contribution is 5.47. The Morgan fingerprint density at radius 2 is 1.94 bits per heavy atom. The summed E-state index contributed by atoms with van der Waals surface area (Å²) in [4.78, 5) is 16.1. The maximum absolute atomic E-state index is 11.8. The molecule has 0 saturated carbocycles. The molecule has 0 aliphatic heterocycles. The van der Waals surface area contributed by atoms with Crippen molar-refractivity contribution in [3.8, 4) is 5.69 Å². The van der Waals surface area contributed by atoms with Crippen LogP contribution in [0.25, 0.3) is 5.69 Å². The van der Waals surface area contributed by atoms with Crippen molar-refractivity contribution in [3.05, 3.63) is 57.8 Å². The Labute approximate surface area is 94.4 Å². The molecule has 0 aliphatic rings. The summed E-state index contributed by atoms with van der Waals surface area (Å²) in [6.45, 7) is 5.91. The van der Waals surface area contributed by atoms with Crippen molar-refractivity contribution in [1.29, 1.82) is 0 Å². The highest BCUT2D eigenvalue weighted by Crippen LogP contribution is 2.18. The van der Waals surface area contributed by atoms with Gasteiger partial charge < -0.3 is 0 Å². The van der Waals surface area contributed by atoms with Gasteiger partial charge in [0.25, 0.3) is 5.56 Å². The van der Waals surface area contributed by atoms with Crippen LogP contribution in [-0.2, 0) is 0 Å². The fourth-order valence-corrected chi connectivity index (χ4v) is 1.80. The molecule has 0 bridgehead atoms. The van der Waals surface area contributed by atoms with E-state index in [0.717, 1.165) is 22.5 Å². The average Bonchev–Trinajstić information content (AvgIpc) is 2.27. The molecule has 0 fully saturated rings. The van der Waals surface area contributed by atoms with Gasteiger partial charge in [0.1, 0.15) is 0 Å². The molecule has 16 heavy (non-hydrogen) atoms. The van der Waals surface area contributed by atoms with Crippen molar-refractivity contribution in [3.63, 3.8) is 0 Å². The molecule has 0 unspecified atom stereocenters. The maximum atomic E-state index is 11.8. The lowest BCUT2D eigenvalue weighted by Crippen LogP contribution is -2.18. The van der Waals surface area contributed by atoms with E-state index in [4.69, 9.17) is 0 Å². The molecular weight excluding hydrogens is 200 g/mol. The fourth-order valence-electron chi connectivity index (χ4n) is 1.80. The van der Waals surface area contributed by atoms with Gasteiger partial charge in [0.2, 0.25) is 0 Å². The van der Waals surface area contributed by atoms with Crippen LogP contribution < -0.4 is 5.56 Å². The topological polar surface area (TPSA) is 34.9 Å². The second-order valence-corrected chi connectivity index (χ2v) is 3.91. The van der Waals surface area contributed by atoms with Gasteiger partial charge in [0, 0.05) is 24.2 Å². The molecule has 2 aromatic heterocycles. The van der Waals surface area contributed by atoms with Crippen molar-refractivity contribution in [1.82, 2.24) is 9.55 Å². The monoisotopic (exact) mass is 214 g/mol. The van der Waals surface area contributed by atoms with Gasteiger partial charge in [0.05, 0.1) is 5.69 Å². The summed E-state index contributed by atoms with van der Waals surface area (Å²) in [5.74, 6) is 0. The van der Waals surface area contributed by atoms with Crippen molar-refractivity contribution in [2.45, 2.75) is 20.8 Å². The average molecular weight is 214 g/mol. The summed E-state index contributed by atoms with van der Waals surface area (Å²) in [7, 11) is 0. The number of pyridine rings is 2. The van der Waals surface area contributed by atoms with Gasteiger partial charge in [-0.2, -0.15) is 0 Å². The number of hydrogen-bond acceptors (Lipinski definition) is 2. The SMILES string of the molecule is Cc1cnc(C)c(C)c1-n1ccccc1=O. The predicted molar refractivity (Wildman–Crippen MR) is 64.0 cm³/mol. The van der Waals surface area contributed by atoms with Gasteiger partial charge in [0.15, 0.2) is 0 Å². The summed E-state index contributed by atoms with van der Waals surface area (Å²) in [6, 6.07) is 5.17. The van der Waals surface area contributed by atoms with Crippen LogP contribution >= 0.6 is 0 Å². The fraction of sp³-hybridized carbons (Fsp3) is 0.231. The van der Waals surface area contributed by atoms with Gasteiger partial charge in [-0.25, -0.2) is 0 Å². The first kappa shape index (κ1) is 10.6. The Bertz CT molecular complexity index is 585. The molecule has 0 saturated heterocycles. The Morgan fingerprint density at radius 1 is 1.19 bits per heavy atom. The molecule has 3 nitrogen and oxygen atoms in total. The number of hydrogen-bond donors (Lipinski definition) is 0. The Balaban J connectivity index is 2.79. The van der Waals surface area contributed by atoms with Crippen molar-refractivity contribution < 1.29 is 0 Å². The van der Waals surface area contributed by atoms with Gasteiger partial charge in [-0.15, -0.1) is 0 Å². The zero-order valence-electron chi connectivity index (χ0n) is 9.69. The summed E-state index contributed by atoms with van der Waals surface area (Å²) >= 11 is 0. The minimum Gasteiger partial charge on any atom is -0.284 e. The van der Waals surface area contributed by atoms with Crippen molar-refractivity contribution in [2.24, 2.45) is 0 Å². The largest absolute Gasteiger partial charge is 0.284 e. The third kappa shape index (κ3) is 1.65. The lowest BCUT2D eigenvalue weighted by molar-refractivity contribution is 0.943. The molecule has 0 atom stereocenters. The zero-order valence-corrected chi connectivity index (χ0v) is 9.69. The minimum atomic E-state index is -0.0145. The first-order valence-corrected chi connectivity index (χ1v) is 5.22. The van der Waals surface area contributed by atoms with E-state index in [1.807, 2.05) is 26.8 Å². The number of aryl methyl sites for hydroxylation is 2. The third-order valence-electron chi connectivity index (χ3n) is 2.79. The maximum Gasteiger partial charge on any atom is 0.255 e. The number of aromatic nitrogens is 2. The van der Waals surface area contributed by atoms with Crippen molar-refractivity contribution >= 4 is 0 Å². The molecule has 0 spiro atoms. The standard InChI is InChI=1S/C13H14N2O/c1-9-8-14-11(3)10(2)13(9)15-7-5-4-6-12(15)16/h4-8H,1-3H3. The predicted octanol–water partition coefficient (Wildman–Crippen LogP) is 2.16. The molecule has 2 heterocycles. The highest BCUT2D eigenvalue weighted by Gasteiger charge is 2.08. The Kier molecular flexibility index (Phi) is 2.60. The van der Waals surface area contributed by atoms with E-state index >= 15 is 0 Å². The molecule has 3 heteroatoms. The van der Waals surface area contributed by atoms with Crippen molar-refractivity contribution in [2.75, 3.05) is 0 Å². The molecule has 0 aliphatic carbocycles. The number of nitrogens with zero attached hydrogens (tertiary/aromatic N) is 2. The zero-order chi connectivity index (χ0) is 11.7. The van der Waals surface area contributed by atoms with Crippen LogP contribution in [0, 0.1) is 20.8 Å². The Hall–Kier alpha value is -1.90. The normalized spacial score (nSPS) is 10.4. The van der Waals surface area contributed by atoms with Crippen LogP contribution in [0.5, 0.6) is 0 Å². The van der Waals surface area contributed by atoms with E-state index in [0.29, 0.717) is 0 Å². The van der Waals surface area contributed by atoms with E-state index in [2.05, 4.69) is 4.98 Å². The van der Waals surface area contributed by atoms with Gasteiger partial charge in [-0.1, -0.05) is 6.07 Å². The molecular formula is C13H14N2O. The van der Waals surface area contributed by atoms with Gasteiger partial charge in [-0.05, 0) is 38.0 Å². The van der Waals surface area contributed by atoms with Crippen LogP contribution in [0.2, 0.25) is 0 Å². The van der Waals surface area contributed by atoms with E-state index < -0.39 is 0 Å². The van der Waals surface area contributed by atoms with E-state index in [1.54, 1.807) is 29.1 Å². The van der Waals surface area contributed by atoms with Gasteiger partial charge in [-0.3, -0.25) is 14.3 Å². The summed E-state index contributed by atoms with van der Waals surface area (Å²) in [5.41, 5.74) is 3.94. The first-order chi connectivity index (χ1) is 7.61. The van der Waals surface area contributed by atoms with E-state index in [9.17, 15) is 4.79 Å². The second-order valence-electron chi connectivity index (χ2n) is 3.91. The van der Waals surface area contributed by atoms with Crippen LogP contribution in [0.3, 0.4) is 0 Å². The quantitative estimate of drug-likeness (QED) is 0.729. The van der Waals surface area contributed by atoms with Crippen LogP contribution in [0.1, 0.15) is 16.8 Å². The lowest BCUT2D eigenvalue weighted by Gasteiger charge is -2.13. The molecule has 0 N–H and O–H groups in total. The summed E-state index contributed by atoms with van der Waals surface area (Å²) in [6.07, 6.45) is 3.59. The number of rotatable bonds is 1. The highest BCUT2D eigenvalue weighted by atomic mass is 16.1.